The number of nitrogens with two attached hydrogens (primary N) is 1. The molecule has 51 heavy (non-hydrogen) atoms. The van der Waals surface area contributed by atoms with Crippen LogP contribution in [0.5, 0.6) is 5.75 Å². The highest BCUT2D eigenvalue weighted by Gasteiger charge is 2.50. The molecule has 0 radical (unpaired) electrons. The molecule has 0 spiro atoms. The highest BCUT2D eigenvalue weighted by molar-refractivity contribution is 5.98. The molecule has 270 valence electrons. The number of carbonyl (C=O) groups is 5. The number of carbonyl (C=O) groups excluding carboxylic acids is 5. The van der Waals surface area contributed by atoms with Crippen LogP contribution in [0, 0.1) is 0 Å². The van der Waals surface area contributed by atoms with Crippen LogP contribution in [0.2, 0.25) is 0 Å². The number of ether oxygens (including phenoxy) is 2. The lowest BCUT2D eigenvalue weighted by Gasteiger charge is -2.43. The number of hydrogen-bond donors (Lipinski definition) is 3. The molecule has 4 amide bonds. The third-order valence-electron chi connectivity index (χ3n) is 9.73. The number of piperidine rings is 1. The lowest BCUT2D eigenvalue weighted by molar-refractivity contribution is -0.159. The molecule has 3 aromatic rings. The zero-order valence-corrected chi connectivity index (χ0v) is 29.8. The molecule has 0 aromatic heterocycles. The van der Waals surface area contributed by atoms with Gasteiger partial charge in [-0.25, -0.2) is 4.79 Å². The van der Waals surface area contributed by atoms with E-state index in [9.17, 15) is 24.0 Å². The number of nitrogens with one attached hydrogen (secondary N) is 2. The van der Waals surface area contributed by atoms with Crippen molar-refractivity contribution in [3.05, 3.63) is 101 Å². The first-order valence-corrected chi connectivity index (χ1v) is 17.5. The van der Waals surface area contributed by atoms with Gasteiger partial charge < -0.3 is 30.7 Å². The fraction of sp³-hybridized carbons (Fsp3) is 0.425. The molecule has 11 heteroatoms. The van der Waals surface area contributed by atoms with E-state index in [1.165, 1.54) is 7.11 Å². The van der Waals surface area contributed by atoms with Crippen LogP contribution in [-0.2, 0) is 29.3 Å². The van der Waals surface area contributed by atoms with Crippen LogP contribution in [-0.4, -0.2) is 72.4 Å². The minimum atomic E-state index is -1.22. The summed E-state index contributed by atoms with van der Waals surface area (Å²) in [4.78, 5) is 68.8. The summed E-state index contributed by atoms with van der Waals surface area (Å²) < 4.78 is 11.0. The summed E-state index contributed by atoms with van der Waals surface area (Å²) in [7, 11) is 1.53. The van der Waals surface area contributed by atoms with Gasteiger partial charge in [-0.05, 0) is 81.7 Å². The summed E-state index contributed by atoms with van der Waals surface area (Å²) in [6.45, 7) is 6.17. The molecular formula is C40H48N4O7. The van der Waals surface area contributed by atoms with Gasteiger partial charge in [0.25, 0.3) is 5.91 Å². The Morgan fingerprint density at radius 3 is 2.22 bits per heavy atom. The first-order chi connectivity index (χ1) is 24.3. The highest BCUT2D eigenvalue weighted by Crippen LogP contribution is 2.48. The molecule has 3 aromatic carbocycles. The van der Waals surface area contributed by atoms with E-state index < -0.39 is 40.8 Å². The van der Waals surface area contributed by atoms with Gasteiger partial charge in [0.05, 0.1) is 24.0 Å². The maximum Gasteiger partial charge on any atom is 0.329 e. The van der Waals surface area contributed by atoms with Gasteiger partial charge in [0.1, 0.15) is 17.4 Å². The molecular weight excluding hydrogens is 648 g/mol. The third kappa shape index (κ3) is 8.41. The molecule has 0 bridgehead atoms. The summed E-state index contributed by atoms with van der Waals surface area (Å²) >= 11 is 0. The lowest BCUT2D eigenvalue weighted by Crippen LogP contribution is -2.54. The van der Waals surface area contributed by atoms with Gasteiger partial charge in [-0.2, -0.15) is 0 Å². The molecule has 1 aliphatic heterocycles. The van der Waals surface area contributed by atoms with E-state index in [0.29, 0.717) is 55.6 Å². The molecule has 1 aliphatic carbocycles. The molecule has 3 atom stereocenters. The SMILES string of the molecule is COc1ccccc1C(=O)NC1CCN(C(=O)[C@H]2CC[C@@](C(=O)N[C@@H](CCC(N)=O)C(=O)OC(C)(C)C)(c3ccccc3)c3ccccc32)CC1. The van der Waals surface area contributed by atoms with Gasteiger partial charge in [0.2, 0.25) is 17.7 Å². The lowest BCUT2D eigenvalue weighted by atomic mass is 9.62. The summed E-state index contributed by atoms with van der Waals surface area (Å²) in [6, 6.07) is 22.7. The topological polar surface area (TPSA) is 157 Å². The fourth-order valence-corrected chi connectivity index (χ4v) is 7.24. The summed E-state index contributed by atoms with van der Waals surface area (Å²) in [5, 5.41) is 6.03. The van der Waals surface area contributed by atoms with E-state index >= 15 is 0 Å². The molecule has 0 saturated carbocycles. The van der Waals surface area contributed by atoms with Crippen LogP contribution in [0.1, 0.15) is 92.3 Å². The van der Waals surface area contributed by atoms with Crippen molar-refractivity contribution in [1.82, 2.24) is 15.5 Å². The number of rotatable bonds is 11. The van der Waals surface area contributed by atoms with Crippen molar-refractivity contribution in [2.24, 2.45) is 5.73 Å². The van der Waals surface area contributed by atoms with Gasteiger partial charge in [-0.15, -0.1) is 0 Å². The molecule has 1 heterocycles. The second-order valence-electron chi connectivity index (χ2n) is 14.3. The fourth-order valence-electron chi connectivity index (χ4n) is 7.24. The number of para-hydroxylation sites is 1. The van der Waals surface area contributed by atoms with E-state index in [-0.39, 0.29) is 30.7 Å². The van der Waals surface area contributed by atoms with Crippen LogP contribution in [0.25, 0.3) is 0 Å². The summed E-state index contributed by atoms with van der Waals surface area (Å²) in [5.74, 6) is -1.88. The molecule has 4 N–H and O–H groups in total. The summed E-state index contributed by atoms with van der Waals surface area (Å²) in [5.41, 5.74) is 6.03. The first kappa shape index (κ1) is 37.1. The number of methoxy groups -OCH3 is 1. The smallest absolute Gasteiger partial charge is 0.329 e. The number of esters is 1. The van der Waals surface area contributed by atoms with Crippen molar-refractivity contribution in [2.45, 2.75) is 88.3 Å². The van der Waals surface area contributed by atoms with Gasteiger partial charge >= 0.3 is 5.97 Å². The number of amides is 4. The van der Waals surface area contributed by atoms with E-state index in [1.807, 2.05) is 65.6 Å². The zero-order valence-electron chi connectivity index (χ0n) is 29.8. The second-order valence-corrected chi connectivity index (χ2v) is 14.3. The predicted octanol–water partition coefficient (Wildman–Crippen LogP) is 4.37. The van der Waals surface area contributed by atoms with Crippen LogP contribution in [0.15, 0.2) is 78.9 Å². The van der Waals surface area contributed by atoms with Crippen molar-refractivity contribution in [2.75, 3.05) is 20.2 Å². The maximum absolute atomic E-state index is 14.7. The van der Waals surface area contributed by atoms with Gasteiger partial charge in [-0.3, -0.25) is 19.2 Å². The second kappa shape index (κ2) is 15.8. The number of likely N-dealkylation sites (tertiary alicyclic amines) is 1. The first-order valence-electron chi connectivity index (χ1n) is 17.5. The van der Waals surface area contributed by atoms with Crippen molar-refractivity contribution in [3.8, 4) is 5.75 Å². The Morgan fingerprint density at radius 2 is 1.55 bits per heavy atom. The Hall–Kier alpha value is -5.19. The van der Waals surface area contributed by atoms with Crippen LogP contribution < -0.4 is 21.1 Å². The number of hydrogen-bond acceptors (Lipinski definition) is 7. The van der Waals surface area contributed by atoms with E-state index in [0.717, 1.165) is 11.1 Å². The number of nitrogens with zero attached hydrogens (tertiary/aromatic N) is 1. The minimum Gasteiger partial charge on any atom is -0.496 e. The van der Waals surface area contributed by atoms with Crippen LogP contribution >= 0.6 is 0 Å². The minimum absolute atomic E-state index is 0.0150. The van der Waals surface area contributed by atoms with Crippen LogP contribution in [0.3, 0.4) is 0 Å². The van der Waals surface area contributed by atoms with Gasteiger partial charge in [-0.1, -0.05) is 66.7 Å². The number of benzene rings is 3. The summed E-state index contributed by atoms with van der Waals surface area (Å²) in [6.07, 6.45) is 1.78. The van der Waals surface area contributed by atoms with Crippen molar-refractivity contribution in [3.63, 3.8) is 0 Å². The molecule has 11 nitrogen and oxygen atoms in total. The van der Waals surface area contributed by atoms with E-state index in [2.05, 4.69) is 10.6 Å². The Morgan fingerprint density at radius 1 is 0.902 bits per heavy atom. The Labute approximate surface area is 299 Å². The molecule has 2 aliphatic rings. The molecule has 1 fully saturated rings. The maximum atomic E-state index is 14.7. The zero-order chi connectivity index (χ0) is 36.8. The standard InChI is InChI=1S/C40H48N4O7/c1-39(2,3)51-37(48)32(18-19-34(41)45)43-38(49)40(26-12-6-5-7-13-26)23-20-29(28-14-8-10-16-31(28)40)36(47)44-24-21-27(22-25-44)42-35(46)30-15-9-11-17-33(30)50-4/h5-17,27,29,32H,18-25H2,1-4H3,(H2,41,45)(H,42,46)(H,43,49)/t29-,32-,40+/m0/s1. The van der Waals surface area contributed by atoms with Crippen molar-refractivity contribution in [1.29, 1.82) is 0 Å². The van der Waals surface area contributed by atoms with Crippen LogP contribution in [0.4, 0.5) is 0 Å². The third-order valence-corrected chi connectivity index (χ3v) is 9.73. The Balaban J connectivity index is 1.38. The van der Waals surface area contributed by atoms with Gasteiger partial charge in [0, 0.05) is 25.6 Å². The Bertz CT molecular complexity index is 1750. The van der Waals surface area contributed by atoms with Crippen molar-refractivity contribution >= 4 is 29.6 Å². The molecule has 1 saturated heterocycles. The predicted molar refractivity (Wildman–Crippen MR) is 192 cm³/mol. The van der Waals surface area contributed by atoms with E-state index in [4.69, 9.17) is 15.2 Å². The average molecular weight is 697 g/mol. The Kier molecular flexibility index (Phi) is 11.5. The quantitative estimate of drug-likeness (QED) is 0.251. The highest BCUT2D eigenvalue weighted by atomic mass is 16.6. The number of fused-ring (bicyclic) bond motifs is 1. The largest absolute Gasteiger partial charge is 0.496 e. The van der Waals surface area contributed by atoms with Crippen molar-refractivity contribution < 1.29 is 33.4 Å². The average Bonchev–Trinajstić information content (AvgIpc) is 3.12. The molecule has 5 rings (SSSR count). The van der Waals surface area contributed by atoms with E-state index in [1.54, 1.807) is 39.0 Å². The number of primary amides is 1. The monoisotopic (exact) mass is 696 g/mol. The molecule has 0 unspecified atom stereocenters. The normalized spacial score (nSPS) is 19.6. The van der Waals surface area contributed by atoms with Gasteiger partial charge in [0.15, 0.2) is 0 Å².